The number of phenolic OH excluding ortho intramolecular Hbond substituents is 1. The van der Waals surface area contributed by atoms with E-state index in [-0.39, 0.29) is 5.75 Å². The van der Waals surface area contributed by atoms with Crippen LogP contribution in [0.4, 0.5) is 0 Å². The molecule has 3 nitrogen and oxygen atoms in total. The maximum atomic E-state index is 9.51. The van der Waals surface area contributed by atoms with Crippen molar-refractivity contribution >= 4 is 10.9 Å². The van der Waals surface area contributed by atoms with Crippen LogP contribution in [0.5, 0.6) is 11.5 Å². The first-order chi connectivity index (χ1) is 10.5. The Balaban J connectivity index is 1.93. The molecule has 3 rings (SSSR count). The Kier molecular flexibility index (Phi) is 3.80. The average Bonchev–Trinajstić information content (AvgIpc) is 2.83. The fourth-order valence-electron chi connectivity index (χ4n) is 2.71. The average molecular weight is 295 g/mol. The maximum absolute atomic E-state index is 9.51. The van der Waals surface area contributed by atoms with E-state index in [0.29, 0.717) is 18.4 Å². The number of hydrogen-bond donors (Lipinski definition) is 1. The van der Waals surface area contributed by atoms with Crippen LogP contribution in [0.1, 0.15) is 31.0 Å². The van der Waals surface area contributed by atoms with Gasteiger partial charge in [-0.25, -0.2) is 0 Å². The quantitative estimate of drug-likeness (QED) is 0.749. The van der Waals surface area contributed by atoms with Gasteiger partial charge in [0.15, 0.2) is 0 Å². The molecule has 0 saturated heterocycles. The standard InChI is InChI=1S/C19H21NO2/c1-13(2)20-11-15(18-8-7-14(3)9-19(18)20)12-22-17-6-4-5-16(21)10-17/h4-11,13,21H,12H2,1-3H3. The van der Waals surface area contributed by atoms with E-state index < -0.39 is 0 Å². The molecule has 3 heteroatoms. The summed E-state index contributed by atoms with van der Waals surface area (Å²) in [5.41, 5.74) is 3.66. The van der Waals surface area contributed by atoms with Crippen molar-refractivity contribution in [3.63, 3.8) is 0 Å². The molecule has 0 spiro atoms. The third kappa shape index (κ3) is 2.80. The zero-order valence-corrected chi connectivity index (χ0v) is 13.2. The third-order valence-electron chi connectivity index (χ3n) is 3.84. The van der Waals surface area contributed by atoms with Crippen molar-refractivity contribution in [2.24, 2.45) is 0 Å². The molecule has 0 atom stereocenters. The fourth-order valence-corrected chi connectivity index (χ4v) is 2.71. The lowest BCUT2D eigenvalue weighted by atomic mass is 10.1. The van der Waals surface area contributed by atoms with Gasteiger partial charge in [0.1, 0.15) is 18.1 Å². The molecule has 3 aromatic rings. The summed E-state index contributed by atoms with van der Waals surface area (Å²) in [6, 6.07) is 13.8. The summed E-state index contributed by atoms with van der Waals surface area (Å²) in [6.07, 6.45) is 2.16. The molecule has 22 heavy (non-hydrogen) atoms. The molecule has 0 aliphatic carbocycles. The van der Waals surface area contributed by atoms with Crippen LogP contribution >= 0.6 is 0 Å². The number of phenols is 1. The largest absolute Gasteiger partial charge is 0.508 e. The predicted octanol–water partition coefficient (Wildman–Crippen LogP) is 4.82. The molecule has 114 valence electrons. The molecular formula is C19H21NO2. The zero-order chi connectivity index (χ0) is 15.7. The van der Waals surface area contributed by atoms with Gasteiger partial charge < -0.3 is 14.4 Å². The number of hydrogen-bond acceptors (Lipinski definition) is 2. The predicted molar refractivity (Wildman–Crippen MR) is 89.5 cm³/mol. The molecule has 0 bridgehead atoms. The molecule has 0 saturated carbocycles. The van der Waals surface area contributed by atoms with Crippen LogP contribution in [-0.2, 0) is 6.61 Å². The van der Waals surface area contributed by atoms with E-state index in [1.807, 2.05) is 6.07 Å². The zero-order valence-electron chi connectivity index (χ0n) is 13.2. The minimum Gasteiger partial charge on any atom is -0.508 e. The highest BCUT2D eigenvalue weighted by atomic mass is 16.5. The van der Waals surface area contributed by atoms with Gasteiger partial charge in [-0.15, -0.1) is 0 Å². The van der Waals surface area contributed by atoms with Crippen LogP contribution in [0.3, 0.4) is 0 Å². The summed E-state index contributed by atoms with van der Waals surface area (Å²) < 4.78 is 8.11. The SMILES string of the molecule is Cc1ccc2c(COc3cccc(O)c3)cn(C(C)C)c2c1. The Hall–Kier alpha value is -2.42. The van der Waals surface area contributed by atoms with Crippen molar-refractivity contribution in [2.45, 2.75) is 33.4 Å². The maximum Gasteiger partial charge on any atom is 0.123 e. The number of ether oxygens (including phenoxy) is 1. The van der Waals surface area contributed by atoms with Gasteiger partial charge in [0.05, 0.1) is 0 Å². The number of nitrogens with zero attached hydrogens (tertiary/aromatic N) is 1. The Morgan fingerprint density at radius 3 is 2.68 bits per heavy atom. The topological polar surface area (TPSA) is 34.4 Å². The summed E-state index contributed by atoms with van der Waals surface area (Å²) in [4.78, 5) is 0. The van der Waals surface area contributed by atoms with Gasteiger partial charge in [0.25, 0.3) is 0 Å². The van der Waals surface area contributed by atoms with E-state index in [1.165, 1.54) is 16.5 Å². The summed E-state index contributed by atoms with van der Waals surface area (Å²) >= 11 is 0. The lowest BCUT2D eigenvalue weighted by Gasteiger charge is -2.09. The number of aromatic hydroxyl groups is 1. The molecule has 0 fully saturated rings. The molecule has 0 radical (unpaired) electrons. The van der Waals surface area contributed by atoms with Gasteiger partial charge in [-0.05, 0) is 44.5 Å². The third-order valence-corrected chi connectivity index (χ3v) is 3.84. The fraction of sp³-hybridized carbons (Fsp3) is 0.263. The van der Waals surface area contributed by atoms with Gasteiger partial charge in [0, 0.05) is 34.8 Å². The number of aromatic nitrogens is 1. The van der Waals surface area contributed by atoms with E-state index in [4.69, 9.17) is 4.74 Å². The smallest absolute Gasteiger partial charge is 0.123 e. The lowest BCUT2D eigenvalue weighted by Crippen LogP contribution is -1.98. The highest BCUT2D eigenvalue weighted by Gasteiger charge is 2.11. The van der Waals surface area contributed by atoms with Gasteiger partial charge in [-0.2, -0.15) is 0 Å². The molecule has 1 heterocycles. The van der Waals surface area contributed by atoms with Crippen molar-refractivity contribution in [3.05, 3.63) is 59.8 Å². The van der Waals surface area contributed by atoms with Crippen LogP contribution in [-0.4, -0.2) is 9.67 Å². The highest BCUT2D eigenvalue weighted by molar-refractivity contribution is 5.84. The van der Waals surface area contributed by atoms with Gasteiger partial charge in [-0.1, -0.05) is 18.2 Å². The van der Waals surface area contributed by atoms with Crippen molar-refractivity contribution < 1.29 is 9.84 Å². The number of fused-ring (bicyclic) bond motifs is 1. The second kappa shape index (κ2) is 5.76. The minimum atomic E-state index is 0.220. The van der Waals surface area contributed by atoms with E-state index in [1.54, 1.807) is 18.2 Å². The molecule has 1 aromatic heterocycles. The van der Waals surface area contributed by atoms with Crippen LogP contribution in [0, 0.1) is 6.92 Å². The first-order valence-corrected chi connectivity index (χ1v) is 7.56. The summed E-state index contributed by atoms with van der Waals surface area (Å²) in [5.74, 6) is 0.898. The Bertz CT molecular complexity index is 802. The van der Waals surface area contributed by atoms with Crippen LogP contribution in [0.15, 0.2) is 48.7 Å². The van der Waals surface area contributed by atoms with Crippen LogP contribution < -0.4 is 4.74 Å². The summed E-state index contributed by atoms with van der Waals surface area (Å²) in [6.45, 7) is 6.96. The Morgan fingerprint density at radius 1 is 1.14 bits per heavy atom. The second-order valence-electron chi connectivity index (χ2n) is 5.96. The molecule has 0 unspecified atom stereocenters. The monoisotopic (exact) mass is 295 g/mol. The van der Waals surface area contributed by atoms with Gasteiger partial charge in [-0.3, -0.25) is 0 Å². The summed E-state index contributed by atoms with van der Waals surface area (Å²) in [7, 11) is 0. The highest BCUT2D eigenvalue weighted by Crippen LogP contribution is 2.27. The van der Waals surface area contributed by atoms with Crippen molar-refractivity contribution in [1.29, 1.82) is 0 Å². The molecule has 2 aromatic carbocycles. The van der Waals surface area contributed by atoms with E-state index in [9.17, 15) is 5.11 Å². The minimum absolute atomic E-state index is 0.220. The normalized spacial score (nSPS) is 11.3. The molecule has 0 aliphatic rings. The summed E-state index contributed by atoms with van der Waals surface area (Å²) in [5, 5.41) is 10.7. The van der Waals surface area contributed by atoms with Crippen LogP contribution in [0.25, 0.3) is 10.9 Å². The number of benzene rings is 2. The molecule has 0 aliphatic heterocycles. The van der Waals surface area contributed by atoms with Crippen molar-refractivity contribution in [1.82, 2.24) is 4.57 Å². The van der Waals surface area contributed by atoms with Crippen molar-refractivity contribution in [2.75, 3.05) is 0 Å². The molecule has 0 amide bonds. The van der Waals surface area contributed by atoms with E-state index in [0.717, 1.165) is 5.56 Å². The van der Waals surface area contributed by atoms with Gasteiger partial charge in [0.2, 0.25) is 0 Å². The first-order valence-electron chi connectivity index (χ1n) is 7.56. The van der Waals surface area contributed by atoms with Crippen LogP contribution in [0.2, 0.25) is 0 Å². The number of rotatable bonds is 4. The van der Waals surface area contributed by atoms with Crippen molar-refractivity contribution in [3.8, 4) is 11.5 Å². The lowest BCUT2D eigenvalue weighted by molar-refractivity contribution is 0.305. The Labute approximate surface area is 130 Å². The van der Waals surface area contributed by atoms with E-state index >= 15 is 0 Å². The number of aryl methyl sites for hydroxylation is 1. The molecule has 1 N–H and O–H groups in total. The molecular weight excluding hydrogens is 274 g/mol. The van der Waals surface area contributed by atoms with E-state index in [2.05, 4.69) is 49.7 Å². The van der Waals surface area contributed by atoms with Gasteiger partial charge >= 0.3 is 0 Å². The first kappa shape index (κ1) is 14.5. The second-order valence-corrected chi connectivity index (χ2v) is 5.96. The Morgan fingerprint density at radius 2 is 1.95 bits per heavy atom.